The molecule has 12 nitrogen and oxygen atoms in total. The van der Waals surface area contributed by atoms with E-state index in [1.54, 1.807) is 60.4 Å². The van der Waals surface area contributed by atoms with E-state index in [1.807, 2.05) is 24.3 Å². The average molecular weight is 671 g/mol. The van der Waals surface area contributed by atoms with Gasteiger partial charge in [-0.25, -0.2) is 0 Å². The molecule has 0 spiro atoms. The molecule has 5 rings (SSSR count). The maximum Gasteiger partial charge on any atom is 0.264 e. The highest BCUT2D eigenvalue weighted by molar-refractivity contribution is 6.08. The molecular formula is C37H42N4O8. The van der Waals surface area contributed by atoms with Crippen LogP contribution in [0, 0.1) is 5.92 Å². The predicted octanol–water partition coefficient (Wildman–Crippen LogP) is 2.59. The molecule has 0 aromatic heterocycles. The van der Waals surface area contributed by atoms with Crippen molar-refractivity contribution in [3.05, 3.63) is 101 Å². The minimum absolute atomic E-state index is 0.00766. The van der Waals surface area contributed by atoms with E-state index in [9.17, 15) is 39.6 Å². The number of carbonyl (C=O) groups is 4. The molecule has 3 aromatic rings. The van der Waals surface area contributed by atoms with Crippen molar-refractivity contribution in [2.45, 2.75) is 70.6 Å². The normalized spacial score (nSPS) is 20.4. The van der Waals surface area contributed by atoms with E-state index in [-0.39, 0.29) is 42.8 Å². The third kappa shape index (κ3) is 7.42. The molecule has 6 N–H and O–H groups in total. The molecule has 49 heavy (non-hydrogen) atoms. The monoisotopic (exact) mass is 670 g/mol. The van der Waals surface area contributed by atoms with E-state index < -0.39 is 41.4 Å². The van der Waals surface area contributed by atoms with Crippen LogP contribution in [0.5, 0.6) is 0 Å². The molecule has 0 unspecified atom stereocenters. The molecule has 5 atom stereocenters. The Balaban J connectivity index is 1.38. The number of fused-ring (bicyclic) bond motifs is 2. The molecule has 0 saturated carbocycles. The first-order valence-corrected chi connectivity index (χ1v) is 16.2. The quantitative estimate of drug-likeness (QED) is 0.169. The third-order valence-electron chi connectivity index (χ3n) is 9.12. The largest absolute Gasteiger partial charge is 0.394 e. The molecule has 0 bridgehead atoms. The zero-order chi connectivity index (χ0) is 35.5. The Morgan fingerprint density at radius 1 is 0.918 bits per heavy atom. The number of hydrogen-bond donors (Lipinski definition) is 6. The first-order valence-electron chi connectivity index (χ1n) is 16.2. The zero-order valence-corrected chi connectivity index (χ0v) is 27.7. The van der Waals surface area contributed by atoms with Crippen LogP contribution in [0.3, 0.4) is 0 Å². The van der Waals surface area contributed by atoms with E-state index in [4.69, 9.17) is 0 Å². The van der Waals surface area contributed by atoms with Gasteiger partial charge >= 0.3 is 0 Å². The van der Waals surface area contributed by atoms with Crippen LogP contribution in [0.2, 0.25) is 0 Å². The van der Waals surface area contributed by atoms with Crippen LogP contribution in [0.1, 0.15) is 49.4 Å². The third-order valence-corrected chi connectivity index (χ3v) is 9.12. The van der Waals surface area contributed by atoms with Gasteiger partial charge in [-0.15, -0.1) is 0 Å². The van der Waals surface area contributed by atoms with Gasteiger partial charge in [0.15, 0.2) is 5.60 Å². The van der Waals surface area contributed by atoms with Crippen molar-refractivity contribution in [3.8, 4) is 0 Å². The fourth-order valence-corrected chi connectivity index (χ4v) is 6.22. The fraction of sp³-hybridized carbons (Fsp3) is 0.351. The average Bonchev–Trinajstić information content (AvgIpc) is 3.30. The van der Waals surface area contributed by atoms with Crippen LogP contribution >= 0.6 is 0 Å². The van der Waals surface area contributed by atoms with Crippen LogP contribution in [0.25, 0.3) is 0 Å². The number of nitrogens with one attached hydrogen (secondary N) is 2. The van der Waals surface area contributed by atoms with Crippen molar-refractivity contribution >= 4 is 40.7 Å². The number of benzene rings is 3. The van der Waals surface area contributed by atoms with Gasteiger partial charge in [0.2, 0.25) is 5.91 Å². The molecule has 3 aromatic carbocycles. The number of amides is 4. The first kappa shape index (κ1) is 35.4. The zero-order valence-electron chi connectivity index (χ0n) is 27.7. The summed E-state index contributed by atoms with van der Waals surface area (Å²) in [5, 5.41) is 46.6. The van der Waals surface area contributed by atoms with Crippen molar-refractivity contribution < 1.29 is 39.6 Å². The second kappa shape index (κ2) is 14.7. The van der Waals surface area contributed by atoms with Crippen LogP contribution in [0.15, 0.2) is 78.9 Å². The van der Waals surface area contributed by atoms with Gasteiger partial charge in [0.05, 0.1) is 24.9 Å². The predicted molar refractivity (Wildman–Crippen MR) is 183 cm³/mol. The van der Waals surface area contributed by atoms with Gasteiger partial charge in [0.1, 0.15) is 12.2 Å². The molecule has 0 saturated heterocycles. The summed E-state index contributed by atoms with van der Waals surface area (Å²) in [6.07, 6.45) is 1.32. The number of aliphatic hydroxyl groups is 4. The number of nitrogens with zero attached hydrogens (tertiary/aromatic N) is 2. The molecule has 0 radical (unpaired) electrons. The van der Waals surface area contributed by atoms with Gasteiger partial charge in [-0.1, -0.05) is 55.5 Å². The van der Waals surface area contributed by atoms with E-state index in [0.29, 0.717) is 29.9 Å². The van der Waals surface area contributed by atoms with Crippen LogP contribution in [0.4, 0.5) is 17.1 Å². The van der Waals surface area contributed by atoms with Crippen molar-refractivity contribution in [1.29, 1.82) is 0 Å². The highest BCUT2D eigenvalue weighted by Crippen LogP contribution is 2.47. The Morgan fingerprint density at radius 2 is 1.53 bits per heavy atom. The topological polar surface area (TPSA) is 180 Å². The van der Waals surface area contributed by atoms with Crippen molar-refractivity contribution in [2.75, 3.05) is 22.1 Å². The van der Waals surface area contributed by atoms with Gasteiger partial charge in [-0.05, 0) is 67.3 Å². The molecule has 0 aliphatic carbocycles. The lowest BCUT2D eigenvalue weighted by Crippen LogP contribution is -2.46. The number of rotatable bonds is 11. The van der Waals surface area contributed by atoms with Gasteiger partial charge in [0.25, 0.3) is 17.7 Å². The maximum absolute atomic E-state index is 14.1. The Hall–Kier alpha value is -4.88. The first-order chi connectivity index (χ1) is 23.3. The fourth-order valence-electron chi connectivity index (χ4n) is 6.22. The lowest BCUT2D eigenvalue weighted by Gasteiger charge is -2.36. The highest BCUT2D eigenvalue weighted by Gasteiger charge is 2.52. The molecule has 258 valence electrons. The number of aliphatic hydroxyl groups excluding tert-OH is 3. The van der Waals surface area contributed by atoms with Gasteiger partial charge < -0.3 is 40.9 Å². The molecule has 12 heteroatoms. The molecule has 2 heterocycles. The minimum atomic E-state index is -2.07. The summed E-state index contributed by atoms with van der Waals surface area (Å²) in [7, 11) is 0. The summed E-state index contributed by atoms with van der Waals surface area (Å²) in [5.74, 6) is -2.82. The smallest absolute Gasteiger partial charge is 0.264 e. The van der Waals surface area contributed by atoms with Gasteiger partial charge in [-0.2, -0.15) is 0 Å². The summed E-state index contributed by atoms with van der Waals surface area (Å²) >= 11 is 0. The summed E-state index contributed by atoms with van der Waals surface area (Å²) in [6, 6.07) is 18.9. The van der Waals surface area contributed by atoms with Crippen LogP contribution in [-0.4, -0.2) is 73.8 Å². The van der Waals surface area contributed by atoms with E-state index in [0.717, 1.165) is 11.1 Å². The van der Waals surface area contributed by atoms with Crippen molar-refractivity contribution in [2.24, 2.45) is 5.92 Å². The number of anilines is 3. The Morgan fingerprint density at radius 3 is 2.16 bits per heavy atom. The van der Waals surface area contributed by atoms with Crippen molar-refractivity contribution in [3.63, 3.8) is 0 Å². The number of hydrogen-bond acceptors (Lipinski definition) is 8. The van der Waals surface area contributed by atoms with Crippen molar-refractivity contribution in [1.82, 2.24) is 4.90 Å². The second-order valence-corrected chi connectivity index (χ2v) is 12.7. The number of carbonyl (C=O) groups excluding carboxylic acids is 4. The lowest BCUT2D eigenvalue weighted by molar-refractivity contribution is -0.139. The lowest BCUT2D eigenvalue weighted by atomic mass is 9.82. The van der Waals surface area contributed by atoms with Gasteiger partial charge in [-0.3, -0.25) is 19.2 Å². The van der Waals surface area contributed by atoms with Gasteiger partial charge in [0, 0.05) is 35.8 Å². The SMILES string of the molecule is C[C@H](O)C(=O)Nc1ccc(CN2C(=O)[C@@](O)([C@@H](C)/C=C/CC(=O)N3Cc4ccccc4C[C@H]3CO)c3cc(NC(=O)[C@H](C)O)ccc32)cc1. The molecular weight excluding hydrogens is 628 g/mol. The van der Waals surface area contributed by atoms with E-state index in [1.165, 1.54) is 24.8 Å². The standard InChI is InChI=1S/C37H42N4O8/c1-22(7-6-10-33(45)40-20-27-9-5-4-8-26(27)17-30(40)21-42)37(49)31-18-29(39-35(47)24(3)44)15-16-32(31)41(36(37)48)19-25-11-13-28(14-12-25)38-34(46)23(2)43/h4-9,11-16,18,22-24,30,42-44,49H,10,17,19-21H2,1-3H3,(H,38,46)(H,39,47)/b7-6+/t22-,23-,24-,30-,37+/m0/s1. The molecule has 4 amide bonds. The maximum atomic E-state index is 14.1. The van der Waals surface area contributed by atoms with E-state index >= 15 is 0 Å². The Labute approximate surface area is 284 Å². The molecule has 0 fully saturated rings. The Bertz CT molecular complexity index is 1760. The summed E-state index contributed by atoms with van der Waals surface area (Å²) in [6.45, 7) is 4.63. The summed E-state index contributed by atoms with van der Waals surface area (Å²) in [4.78, 5) is 54.7. The molecule has 2 aliphatic rings. The highest BCUT2D eigenvalue weighted by atomic mass is 16.3. The Kier molecular flexibility index (Phi) is 10.6. The summed E-state index contributed by atoms with van der Waals surface area (Å²) < 4.78 is 0. The van der Waals surface area contributed by atoms with Crippen LogP contribution < -0.4 is 15.5 Å². The molecule has 2 aliphatic heterocycles. The minimum Gasteiger partial charge on any atom is -0.394 e. The van der Waals surface area contributed by atoms with E-state index in [2.05, 4.69) is 10.6 Å². The summed E-state index contributed by atoms with van der Waals surface area (Å²) in [5.41, 5.74) is 2.17. The van der Waals surface area contributed by atoms with Crippen LogP contribution in [-0.2, 0) is 44.3 Å². The second-order valence-electron chi connectivity index (χ2n) is 12.7.